The molecule has 0 heterocycles. The predicted octanol–water partition coefficient (Wildman–Crippen LogP) is 3.64. The van der Waals surface area contributed by atoms with E-state index in [2.05, 4.69) is 27.3 Å². The van der Waals surface area contributed by atoms with Gasteiger partial charge in [-0.3, -0.25) is 0 Å². The summed E-state index contributed by atoms with van der Waals surface area (Å²) in [5.41, 5.74) is 8.80. The zero-order valence-electron chi connectivity index (χ0n) is 8.78. The highest BCUT2D eigenvalue weighted by Gasteiger charge is 1.94. The van der Waals surface area contributed by atoms with Crippen molar-refractivity contribution in [3.05, 3.63) is 58.6 Å². The first-order valence-electron chi connectivity index (χ1n) is 5.08. The Morgan fingerprint density at radius 3 is 2.50 bits per heavy atom. The molecule has 2 rings (SSSR count). The van der Waals surface area contributed by atoms with Crippen LogP contribution < -0.4 is 11.1 Å². The monoisotopic (exact) mass is 276 g/mol. The van der Waals surface area contributed by atoms with Crippen molar-refractivity contribution in [3.8, 4) is 0 Å². The fourth-order valence-electron chi connectivity index (χ4n) is 1.47. The lowest BCUT2D eigenvalue weighted by Crippen LogP contribution is -1.99. The first-order chi connectivity index (χ1) is 7.74. The Kier molecular flexibility index (Phi) is 3.47. The first kappa shape index (κ1) is 11.0. The molecule has 0 bridgehead atoms. The van der Waals surface area contributed by atoms with Gasteiger partial charge < -0.3 is 11.1 Å². The van der Waals surface area contributed by atoms with Crippen LogP contribution in [0.5, 0.6) is 0 Å². The fraction of sp³-hybridized carbons (Fsp3) is 0.0769. The first-order valence-corrected chi connectivity index (χ1v) is 5.87. The van der Waals surface area contributed by atoms with Crippen molar-refractivity contribution < 1.29 is 0 Å². The molecule has 2 aromatic carbocycles. The molecule has 3 heteroatoms. The van der Waals surface area contributed by atoms with Crippen LogP contribution in [0.3, 0.4) is 0 Å². The summed E-state index contributed by atoms with van der Waals surface area (Å²) in [6, 6.07) is 16.0. The van der Waals surface area contributed by atoms with Crippen LogP contribution in [0, 0.1) is 0 Å². The molecule has 0 saturated heterocycles. The van der Waals surface area contributed by atoms with E-state index in [9.17, 15) is 0 Å². The molecule has 0 aliphatic rings. The Bertz CT molecular complexity index is 466. The number of halogens is 1. The van der Waals surface area contributed by atoms with Gasteiger partial charge in [-0.2, -0.15) is 0 Å². The number of nitrogens with two attached hydrogens (primary N) is 1. The van der Waals surface area contributed by atoms with E-state index in [1.54, 1.807) is 0 Å². The van der Waals surface area contributed by atoms with E-state index >= 15 is 0 Å². The van der Waals surface area contributed by atoms with Crippen LogP contribution in [0.15, 0.2) is 53.0 Å². The number of benzene rings is 2. The molecule has 0 saturated carbocycles. The largest absolute Gasteiger partial charge is 0.399 e. The van der Waals surface area contributed by atoms with Crippen molar-refractivity contribution in [2.24, 2.45) is 0 Å². The van der Waals surface area contributed by atoms with Gasteiger partial charge in [0.15, 0.2) is 0 Å². The lowest BCUT2D eigenvalue weighted by molar-refractivity contribution is 1.15. The van der Waals surface area contributed by atoms with Crippen molar-refractivity contribution in [1.82, 2.24) is 0 Å². The number of nitrogen functional groups attached to an aromatic ring is 1. The summed E-state index contributed by atoms with van der Waals surface area (Å²) in [6.07, 6.45) is 0. The highest BCUT2D eigenvalue weighted by molar-refractivity contribution is 9.10. The lowest BCUT2D eigenvalue weighted by atomic mass is 10.2. The van der Waals surface area contributed by atoms with E-state index in [-0.39, 0.29) is 0 Å². The van der Waals surface area contributed by atoms with Crippen molar-refractivity contribution in [2.75, 3.05) is 11.1 Å². The average Bonchev–Trinajstić information content (AvgIpc) is 2.28. The Balaban J connectivity index is 1.99. The third-order valence-corrected chi connectivity index (χ3v) is 2.82. The van der Waals surface area contributed by atoms with Crippen LogP contribution in [0.25, 0.3) is 0 Å². The summed E-state index contributed by atoms with van der Waals surface area (Å²) in [5.74, 6) is 0. The third kappa shape index (κ3) is 3.00. The molecule has 2 nitrogen and oxygen atoms in total. The smallest absolute Gasteiger partial charge is 0.0401 e. The molecule has 2 aromatic rings. The molecule has 0 aliphatic carbocycles. The quantitative estimate of drug-likeness (QED) is 0.840. The third-order valence-electron chi connectivity index (χ3n) is 2.29. The molecule has 3 N–H and O–H groups in total. The van der Waals surface area contributed by atoms with E-state index < -0.39 is 0 Å². The maximum Gasteiger partial charge on any atom is 0.0401 e. The molecule has 16 heavy (non-hydrogen) atoms. The highest BCUT2D eigenvalue weighted by atomic mass is 79.9. The van der Waals surface area contributed by atoms with Crippen LogP contribution in [0.1, 0.15) is 5.56 Å². The van der Waals surface area contributed by atoms with Gasteiger partial charge in [-0.05, 0) is 42.0 Å². The lowest BCUT2D eigenvalue weighted by Gasteiger charge is -2.07. The summed E-state index contributed by atoms with van der Waals surface area (Å²) in [7, 11) is 0. The van der Waals surface area contributed by atoms with Gasteiger partial charge >= 0.3 is 0 Å². The van der Waals surface area contributed by atoms with Crippen molar-refractivity contribution in [1.29, 1.82) is 0 Å². The van der Waals surface area contributed by atoms with Crippen LogP contribution in [0.4, 0.5) is 11.4 Å². The van der Waals surface area contributed by atoms with E-state index in [1.165, 1.54) is 5.56 Å². The van der Waals surface area contributed by atoms with Crippen LogP contribution >= 0.6 is 15.9 Å². The molecule has 82 valence electrons. The molecule has 0 atom stereocenters. The zero-order valence-corrected chi connectivity index (χ0v) is 10.4. The van der Waals surface area contributed by atoms with Gasteiger partial charge in [0, 0.05) is 22.4 Å². The predicted molar refractivity (Wildman–Crippen MR) is 72.3 cm³/mol. The number of nitrogens with one attached hydrogen (secondary N) is 1. The summed E-state index contributed by atoms with van der Waals surface area (Å²) in [4.78, 5) is 0. The van der Waals surface area contributed by atoms with Gasteiger partial charge in [0.05, 0.1) is 0 Å². The second kappa shape index (κ2) is 5.03. The minimum atomic E-state index is 0.784. The van der Waals surface area contributed by atoms with E-state index in [0.29, 0.717) is 0 Å². The molecule has 0 unspecified atom stereocenters. The second-order valence-electron chi connectivity index (χ2n) is 3.61. The molecular weight excluding hydrogens is 264 g/mol. The van der Waals surface area contributed by atoms with Crippen molar-refractivity contribution in [3.63, 3.8) is 0 Å². The van der Waals surface area contributed by atoms with Gasteiger partial charge in [-0.1, -0.05) is 28.1 Å². The standard InChI is InChI=1S/C13H13BrN2/c14-11-4-6-13(7-5-11)16-9-10-2-1-3-12(15)8-10/h1-8,16H,9,15H2. The molecular formula is C13H13BrN2. The van der Waals surface area contributed by atoms with Crippen LogP contribution in [-0.4, -0.2) is 0 Å². The van der Waals surface area contributed by atoms with Crippen LogP contribution in [0.2, 0.25) is 0 Å². The Hall–Kier alpha value is -1.48. The molecule has 0 radical (unpaired) electrons. The summed E-state index contributed by atoms with van der Waals surface area (Å²) in [6.45, 7) is 0.784. The minimum absolute atomic E-state index is 0.784. The minimum Gasteiger partial charge on any atom is -0.399 e. The molecule has 0 spiro atoms. The van der Waals surface area contributed by atoms with Crippen molar-refractivity contribution >= 4 is 27.3 Å². The van der Waals surface area contributed by atoms with Crippen molar-refractivity contribution in [2.45, 2.75) is 6.54 Å². The van der Waals surface area contributed by atoms with Gasteiger partial charge in [-0.25, -0.2) is 0 Å². The molecule has 0 aliphatic heterocycles. The molecule has 0 aromatic heterocycles. The topological polar surface area (TPSA) is 38.0 Å². The summed E-state index contributed by atoms with van der Waals surface area (Å²) < 4.78 is 1.09. The highest BCUT2D eigenvalue weighted by Crippen LogP contribution is 2.15. The van der Waals surface area contributed by atoms with Gasteiger partial charge in [0.1, 0.15) is 0 Å². The number of hydrogen-bond donors (Lipinski definition) is 2. The number of anilines is 2. The fourth-order valence-corrected chi connectivity index (χ4v) is 1.74. The van der Waals surface area contributed by atoms with Crippen LogP contribution in [-0.2, 0) is 6.54 Å². The SMILES string of the molecule is Nc1cccc(CNc2ccc(Br)cc2)c1. The average molecular weight is 277 g/mol. The summed E-state index contributed by atoms with van der Waals surface area (Å²) in [5, 5.41) is 3.34. The van der Waals surface area contributed by atoms with E-state index in [1.807, 2.05) is 42.5 Å². The maximum absolute atomic E-state index is 5.71. The Labute approximate surface area is 104 Å². The van der Waals surface area contributed by atoms with Gasteiger partial charge in [0.2, 0.25) is 0 Å². The summed E-state index contributed by atoms with van der Waals surface area (Å²) >= 11 is 3.41. The Morgan fingerprint density at radius 1 is 1.06 bits per heavy atom. The maximum atomic E-state index is 5.71. The number of hydrogen-bond acceptors (Lipinski definition) is 2. The molecule has 0 fully saturated rings. The normalized spacial score (nSPS) is 10.1. The Morgan fingerprint density at radius 2 is 1.81 bits per heavy atom. The van der Waals surface area contributed by atoms with Gasteiger partial charge in [0.25, 0.3) is 0 Å². The molecule has 0 amide bonds. The van der Waals surface area contributed by atoms with E-state index in [0.717, 1.165) is 22.4 Å². The second-order valence-corrected chi connectivity index (χ2v) is 4.52. The van der Waals surface area contributed by atoms with E-state index in [4.69, 9.17) is 5.73 Å². The number of rotatable bonds is 3. The zero-order chi connectivity index (χ0) is 11.4. The van der Waals surface area contributed by atoms with Gasteiger partial charge in [-0.15, -0.1) is 0 Å².